The Labute approximate surface area is 236 Å². The molecule has 4 rings (SSSR count). The zero-order valence-corrected chi connectivity index (χ0v) is 22.3. The minimum absolute atomic E-state index is 0.0349. The van der Waals surface area contributed by atoms with E-state index in [0.717, 1.165) is 24.3 Å². The molecule has 2 aromatic rings. The number of hydrogen-bond donors (Lipinski definition) is 3. The smallest absolute Gasteiger partial charge is 0.391 e. The molecule has 0 atom stereocenters. The number of carboxylic acid groups (broad SMARTS) is 2. The maximum Gasteiger partial charge on any atom is 0.391 e. The fourth-order valence-corrected chi connectivity index (χ4v) is 6.17. The lowest BCUT2D eigenvalue weighted by molar-refractivity contribution is -0.184. The van der Waals surface area contributed by atoms with E-state index in [0.29, 0.717) is 0 Å². The fourth-order valence-electron chi connectivity index (χ4n) is 6.17. The van der Waals surface area contributed by atoms with Gasteiger partial charge in [-0.2, -0.15) is 26.3 Å². The van der Waals surface area contributed by atoms with Gasteiger partial charge in [-0.05, 0) is 81.5 Å². The second kappa shape index (κ2) is 11.9. The van der Waals surface area contributed by atoms with Crippen LogP contribution in [0.2, 0.25) is 0 Å². The molecule has 0 aliphatic heterocycles. The van der Waals surface area contributed by atoms with Crippen molar-refractivity contribution in [1.29, 1.82) is 0 Å². The van der Waals surface area contributed by atoms with Crippen LogP contribution in [-0.2, 0) is 0 Å². The molecule has 0 radical (unpaired) electrons. The lowest BCUT2D eigenvalue weighted by Crippen LogP contribution is -2.40. The largest absolute Gasteiger partial charge is 0.478 e. The summed E-state index contributed by atoms with van der Waals surface area (Å²) in [5, 5.41) is 21.8. The van der Waals surface area contributed by atoms with Crippen LogP contribution in [0.1, 0.15) is 99.2 Å². The molecule has 0 saturated heterocycles. The number of alkyl halides is 6. The first kappa shape index (κ1) is 31.3. The van der Waals surface area contributed by atoms with Crippen molar-refractivity contribution in [2.45, 2.75) is 76.2 Å². The summed E-state index contributed by atoms with van der Waals surface area (Å²) < 4.78 is 78.3. The molecule has 1 amide bonds. The van der Waals surface area contributed by atoms with E-state index in [9.17, 15) is 55.7 Å². The van der Waals surface area contributed by atoms with E-state index in [1.54, 1.807) is 0 Å². The van der Waals surface area contributed by atoms with Crippen LogP contribution in [0.15, 0.2) is 24.3 Å². The first-order valence-electron chi connectivity index (χ1n) is 13.6. The van der Waals surface area contributed by atoms with E-state index in [1.807, 2.05) is 0 Å². The van der Waals surface area contributed by atoms with E-state index in [2.05, 4.69) is 5.32 Å². The van der Waals surface area contributed by atoms with Gasteiger partial charge in [0.25, 0.3) is 5.91 Å². The van der Waals surface area contributed by atoms with Crippen molar-refractivity contribution in [1.82, 2.24) is 5.32 Å². The summed E-state index contributed by atoms with van der Waals surface area (Å²) in [6, 6.07) is 3.73. The summed E-state index contributed by atoms with van der Waals surface area (Å²) in [5.74, 6) is -7.77. The molecule has 42 heavy (non-hydrogen) atoms. The highest BCUT2D eigenvalue weighted by Crippen LogP contribution is 2.41. The number of aromatic carboxylic acids is 2. The van der Waals surface area contributed by atoms with Crippen LogP contribution in [0, 0.1) is 17.8 Å². The van der Waals surface area contributed by atoms with Gasteiger partial charge in [-0.15, -0.1) is 0 Å². The van der Waals surface area contributed by atoms with E-state index in [-0.39, 0.29) is 79.7 Å². The molecule has 0 heterocycles. The second-order valence-electron chi connectivity index (χ2n) is 11.1. The molecule has 0 spiro atoms. The van der Waals surface area contributed by atoms with Crippen molar-refractivity contribution in [3.63, 3.8) is 0 Å². The Morgan fingerprint density at radius 3 is 1.50 bits per heavy atom. The molecule has 2 aliphatic carbocycles. The number of carbonyl (C=O) groups excluding carboxylic acids is 2. The number of amides is 1. The molecule has 13 heteroatoms. The average Bonchev–Trinajstić information content (AvgIpc) is 2.91. The average molecular weight is 602 g/mol. The Hall–Kier alpha value is -3.64. The van der Waals surface area contributed by atoms with Gasteiger partial charge in [-0.3, -0.25) is 9.59 Å². The lowest BCUT2D eigenvalue weighted by Gasteiger charge is -2.30. The zero-order valence-electron chi connectivity index (χ0n) is 22.3. The Balaban J connectivity index is 1.67. The number of carboxylic acids is 2. The summed E-state index contributed by atoms with van der Waals surface area (Å²) in [6.07, 6.45) is -9.21. The van der Waals surface area contributed by atoms with E-state index < -0.39 is 70.9 Å². The van der Waals surface area contributed by atoms with E-state index >= 15 is 0 Å². The van der Waals surface area contributed by atoms with Crippen molar-refractivity contribution in [2.24, 2.45) is 17.8 Å². The molecule has 2 fully saturated rings. The molecule has 228 valence electrons. The normalized spacial score (nSPS) is 23.4. The van der Waals surface area contributed by atoms with Crippen LogP contribution in [0.5, 0.6) is 0 Å². The molecule has 2 aromatic carbocycles. The Kier molecular flexibility index (Phi) is 8.89. The van der Waals surface area contributed by atoms with Gasteiger partial charge in [0.05, 0.1) is 23.0 Å². The predicted octanol–water partition coefficient (Wildman–Crippen LogP) is 7.03. The van der Waals surface area contributed by atoms with Gasteiger partial charge in [0.1, 0.15) is 0 Å². The van der Waals surface area contributed by atoms with Crippen LogP contribution in [0.4, 0.5) is 26.3 Å². The summed E-state index contributed by atoms with van der Waals surface area (Å²) >= 11 is 0. The van der Waals surface area contributed by atoms with Crippen molar-refractivity contribution in [2.75, 3.05) is 0 Å². The van der Waals surface area contributed by atoms with Gasteiger partial charge < -0.3 is 15.5 Å². The van der Waals surface area contributed by atoms with Gasteiger partial charge in [-0.1, -0.05) is 0 Å². The standard InChI is InChI=1S/C29H29F6NO6/c30-28(31,32)15-3-1-14(2-4-15)13-22(37)18-9-11-21(27(41)42)24-19(10-12-20(23(18)24)26(39)40)25(38)36-17-7-5-16(6-8-17)29(33,34)35/h9-12,14-17H,1-8,13H2,(H,36,38)(H,39,40)(H,41,42). The van der Waals surface area contributed by atoms with E-state index in [1.165, 1.54) is 0 Å². The number of rotatable bonds is 7. The number of hydrogen-bond acceptors (Lipinski definition) is 4. The molecule has 2 aliphatic rings. The minimum Gasteiger partial charge on any atom is -0.478 e. The number of benzene rings is 2. The molecule has 0 unspecified atom stereocenters. The molecule has 7 nitrogen and oxygen atoms in total. The summed E-state index contributed by atoms with van der Waals surface area (Å²) in [6.45, 7) is 0. The topological polar surface area (TPSA) is 121 Å². The number of nitrogens with one attached hydrogen (secondary N) is 1. The third-order valence-electron chi connectivity index (χ3n) is 8.48. The first-order chi connectivity index (χ1) is 19.6. The second-order valence-corrected chi connectivity index (χ2v) is 11.1. The number of carbonyl (C=O) groups is 4. The minimum atomic E-state index is -4.35. The quantitative estimate of drug-likeness (QED) is 0.232. The van der Waals surface area contributed by atoms with Crippen LogP contribution in [-0.4, -0.2) is 52.2 Å². The lowest BCUT2D eigenvalue weighted by atomic mass is 9.78. The predicted molar refractivity (Wildman–Crippen MR) is 138 cm³/mol. The van der Waals surface area contributed by atoms with Crippen LogP contribution in [0.3, 0.4) is 0 Å². The number of fused-ring (bicyclic) bond motifs is 1. The first-order valence-corrected chi connectivity index (χ1v) is 13.6. The van der Waals surface area contributed by atoms with Crippen LogP contribution in [0.25, 0.3) is 10.8 Å². The maximum atomic E-state index is 13.4. The van der Waals surface area contributed by atoms with Gasteiger partial charge >= 0.3 is 24.3 Å². The molecule has 3 N–H and O–H groups in total. The van der Waals surface area contributed by atoms with Gasteiger partial charge in [-0.25, -0.2) is 9.59 Å². The maximum absolute atomic E-state index is 13.4. The summed E-state index contributed by atoms with van der Waals surface area (Å²) in [5.41, 5.74) is -1.34. The van der Waals surface area contributed by atoms with Gasteiger partial charge in [0.15, 0.2) is 5.78 Å². The zero-order chi connectivity index (χ0) is 31.0. The highest BCUT2D eigenvalue weighted by atomic mass is 19.4. The highest BCUT2D eigenvalue weighted by Gasteiger charge is 2.43. The summed E-state index contributed by atoms with van der Waals surface area (Å²) in [4.78, 5) is 51.0. The van der Waals surface area contributed by atoms with Gasteiger partial charge in [0.2, 0.25) is 0 Å². The van der Waals surface area contributed by atoms with Crippen molar-refractivity contribution < 1.29 is 55.7 Å². The Morgan fingerprint density at radius 1 is 0.643 bits per heavy atom. The number of ketones is 1. The third-order valence-corrected chi connectivity index (χ3v) is 8.48. The Morgan fingerprint density at radius 2 is 1.05 bits per heavy atom. The summed E-state index contributed by atoms with van der Waals surface area (Å²) in [7, 11) is 0. The third kappa shape index (κ3) is 6.70. The highest BCUT2D eigenvalue weighted by molar-refractivity contribution is 6.23. The van der Waals surface area contributed by atoms with Crippen molar-refractivity contribution in [3.05, 3.63) is 46.5 Å². The van der Waals surface area contributed by atoms with Crippen molar-refractivity contribution >= 4 is 34.4 Å². The Bertz CT molecular complexity index is 1280. The number of halogens is 6. The molecular weight excluding hydrogens is 572 g/mol. The van der Waals surface area contributed by atoms with Crippen LogP contribution < -0.4 is 5.32 Å². The van der Waals surface area contributed by atoms with E-state index in [4.69, 9.17) is 0 Å². The van der Waals surface area contributed by atoms with Crippen LogP contribution >= 0.6 is 0 Å². The molecule has 2 saturated carbocycles. The number of Topliss-reactive ketones (excluding diaryl/α,β-unsaturated/α-hetero) is 1. The fraction of sp³-hybridized carbons (Fsp3) is 0.517. The van der Waals surface area contributed by atoms with Gasteiger partial charge in [0, 0.05) is 34.4 Å². The SMILES string of the molecule is O=C(O)c1ccc(C(=O)NC2CCC(C(F)(F)F)CC2)c2c(C(=O)O)ccc(C(=O)CC3CCC(C(F)(F)F)CC3)c12. The van der Waals surface area contributed by atoms with Crippen molar-refractivity contribution in [3.8, 4) is 0 Å². The molecular formula is C29H29F6NO6. The molecule has 0 bridgehead atoms. The monoisotopic (exact) mass is 601 g/mol. The molecule has 0 aromatic heterocycles.